The summed E-state index contributed by atoms with van der Waals surface area (Å²) in [7, 11) is -3.31. The predicted molar refractivity (Wildman–Crippen MR) is 102 cm³/mol. The first kappa shape index (κ1) is 19.1. The summed E-state index contributed by atoms with van der Waals surface area (Å²) in [6.45, 7) is 1.11. The van der Waals surface area contributed by atoms with Gasteiger partial charge in [0, 0.05) is 31.3 Å². The van der Waals surface area contributed by atoms with Gasteiger partial charge in [0.1, 0.15) is 0 Å². The van der Waals surface area contributed by atoms with Crippen molar-refractivity contribution >= 4 is 21.7 Å². The molecule has 6 nitrogen and oxygen atoms in total. The molecule has 1 aliphatic rings. The van der Waals surface area contributed by atoms with Gasteiger partial charge >= 0.3 is 0 Å². The van der Waals surface area contributed by atoms with E-state index in [1.165, 1.54) is 24.3 Å². The Morgan fingerprint density at radius 2 is 1.78 bits per heavy atom. The second-order valence-corrected chi connectivity index (χ2v) is 8.69. The Morgan fingerprint density at radius 1 is 1.11 bits per heavy atom. The number of nitrogens with zero attached hydrogens (tertiary/aromatic N) is 1. The fourth-order valence-corrected chi connectivity index (χ4v) is 3.76. The van der Waals surface area contributed by atoms with Crippen LogP contribution in [0.2, 0.25) is 0 Å². The molecule has 0 radical (unpaired) electrons. The second-order valence-electron chi connectivity index (χ2n) is 6.68. The third kappa shape index (κ3) is 4.74. The van der Waals surface area contributed by atoms with E-state index in [4.69, 9.17) is 0 Å². The zero-order valence-corrected chi connectivity index (χ0v) is 15.9. The van der Waals surface area contributed by atoms with E-state index in [-0.39, 0.29) is 22.8 Å². The van der Waals surface area contributed by atoms with Gasteiger partial charge < -0.3 is 10.2 Å². The minimum absolute atomic E-state index is 0.0997. The van der Waals surface area contributed by atoms with E-state index >= 15 is 0 Å². The van der Waals surface area contributed by atoms with Gasteiger partial charge in [-0.15, -0.1) is 0 Å². The number of amides is 2. The molecule has 142 valence electrons. The van der Waals surface area contributed by atoms with E-state index in [0.29, 0.717) is 25.1 Å². The van der Waals surface area contributed by atoms with Gasteiger partial charge in [0.2, 0.25) is 5.91 Å². The number of carbonyl (C=O) groups excluding carboxylic acids is 2. The lowest BCUT2D eigenvalue weighted by Crippen LogP contribution is -2.38. The first-order chi connectivity index (χ1) is 12.8. The van der Waals surface area contributed by atoms with Crippen LogP contribution in [-0.2, 0) is 14.6 Å². The molecule has 0 aliphatic carbocycles. The SMILES string of the molecule is CS(=O)(=O)c1ccc(C(=O)NC(CN2CCCC2=O)c2ccccc2)cc1. The molecule has 0 bridgehead atoms. The van der Waals surface area contributed by atoms with Gasteiger partial charge in [0.15, 0.2) is 9.84 Å². The number of hydrogen-bond acceptors (Lipinski definition) is 4. The van der Waals surface area contributed by atoms with Crippen molar-refractivity contribution in [2.45, 2.75) is 23.8 Å². The van der Waals surface area contributed by atoms with Crippen LogP contribution in [0.1, 0.15) is 34.8 Å². The third-order valence-electron chi connectivity index (χ3n) is 4.63. The molecule has 1 atom stereocenters. The first-order valence-electron chi connectivity index (χ1n) is 8.78. The normalized spacial score (nSPS) is 15.6. The zero-order valence-electron chi connectivity index (χ0n) is 15.1. The van der Waals surface area contributed by atoms with Crippen LogP contribution in [0.3, 0.4) is 0 Å². The topological polar surface area (TPSA) is 83.6 Å². The van der Waals surface area contributed by atoms with Crippen molar-refractivity contribution in [3.63, 3.8) is 0 Å². The van der Waals surface area contributed by atoms with E-state index in [1.807, 2.05) is 30.3 Å². The van der Waals surface area contributed by atoms with Crippen LogP contribution in [-0.4, -0.2) is 44.5 Å². The molecule has 1 unspecified atom stereocenters. The summed E-state index contributed by atoms with van der Waals surface area (Å²) in [6, 6.07) is 15.0. The second kappa shape index (κ2) is 7.92. The van der Waals surface area contributed by atoms with Crippen molar-refractivity contribution < 1.29 is 18.0 Å². The minimum Gasteiger partial charge on any atom is -0.343 e. The molecule has 2 aromatic rings. The van der Waals surface area contributed by atoms with Crippen molar-refractivity contribution in [2.24, 2.45) is 0 Å². The molecule has 2 amide bonds. The Balaban J connectivity index is 1.78. The Kier molecular flexibility index (Phi) is 5.60. The summed E-state index contributed by atoms with van der Waals surface area (Å²) in [5.74, 6) is -0.210. The molecule has 0 spiro atoms. The van der Waals surface area contributed by atoms with Crippen molar-refractivity contribution in [1.29, 1.82) is 0 Å². The van der Waals surface area contributed by atoms with Gasteiger partial charge in [-0.1, -0.05) is 30.3 Å². The van der Waals surface area contributed by atoms with Crippen molar-refractivity contribution in [1.82, 2.24) is 10.2 Å². The molecule has 1 saturated heterocycles. The summed E-state index contributed by atoms with van der Waals surface area (Å²) in [5, 5.41) is 2.97. The first-order valence-corrected chi connectivity index (χ1v) is 10.7. The monoisotopic (exact) mass is 386 g/mol. The average Bonchev–Trinajstić information content (AvgIpc) is 3.06. The fraction of sp³-hybridized carbons (Fsp3) is 0.300. The molecule has 1 fully saturated rings. The lowest BCUT2D eigenvalue weighted by Gasteiger charge is -2.25. The number of nitrogens with one attached hydrogen (secondary N) is 1. The highest BCUT2D eigenvalue weighted by molar-refractivity contribution is 7.90. The number of sulfone groups is 1. The van der Waals surface area contributed by atoms with Gasteiger partial charge in [-0.25, -0.2) is 8.42 Å². The van der Waals surface area contributed by atoms with Crippen LogP contribution in [0.4, 0.5) is 0 Å². The third-order valence-corrected chi connectivity index (χ3v) is 5.75. The zero-order chi connectivity index (χ0) is 19.4. The van der Waals surface area contributed by atoms with E-state index in [9.17, 15) is 18.0 Å². The van der Waals surface area contributed by atoms with Crippen LogP contribution < -0.4 is 5.32 Å². The standard InChI is InChI=1S/C20H22N2O4S/c1-27(25,26)17-11-9-16(10-12-17)20(24)21-18(15-6-3-2-4-7-15)14-22-13-5-8-19(22)23/h2-4,6-7,9-12,18H,5,8,13-14H2,1H3,(H,21,24). The summed E-state index contributed by atoms with van der Waals surface area (Å²) in [6.07, 6.45) is 2.50. The predicted octanol–water partition coefficient (Wildman–Crippen LogP) is 2.18. The molecule has 1 aliphatic heterocycles. The maximum atomic E-state index is 12.7. The Morgan fingerprint density at radius 3 is 2.33 bits per heavy atom. The smallest absolute Gasteiger partial charge is 0.251 e. The van der Waals surface area contributed by atoms with E-state index in [2.05, 4.69) is 5.32 Å². The van der Waals surface area contributed by atoms with Gasteiger partial charge in [0.05, 0.1) is 10.9 Å². The summed E-state index contributed by atoms with van der Waals surface area (Å²) < 4.78 is 23.1. The van der Waals surface area contributed by atoms with Gasteiger partial charge in [0.25, 0.3) is 5.91 Å². The van der Waals surface area contributed by atoms with Crippen molar-refractivity contribution in [3.05, 3.63) is 65.7 Å². The van der Waals surface area contributed by atoms with E-state index in [0.717, 1.165) is 18.2 Å². The number of likely N-dealkylation sites (tertiary alicyclic amines) is 1. The highest BCUT2D eigenvalue weighted by atomic mass is 32.2. The van der Waals surface area contributed by atoms with E-state index in [1.54, 1.807) is 4.90 Å². The molecule has 27 heavy (non-hydrogen) atoms. The summed E-state index contributed by atoms with van der Waals surface area (Å²) >= 11 is 0. The highest BCUT2D eigenvalue weighted by Gasteiger charge is 2.25. The molecule has 3 rings (SSSR count). The maximum Gasteiger partial charge on any atom is 0.251 e. The van der Waals surface area contributed by atoms with Crippen LogP contribution in [0.5, 0.6) is 0 Å². The van der Waals surface area contributed by atoms with Crippen molar-refractivity contribution in [2.75, 3.05) is 19.3 Å². The minimum atomic E-state index is -3.31. The van der Waals surface area contributed by atoms with Crippen LogP contribution >= 0.6 is 0 Å². The summed E-state index contributed by atoms with van der Waals surface area (Å²) in [4.78, 5) is 26.6. The van der Waals surface area contributed by atoms with Crippen molar-refractivity contribution in [3.8, 4) is 0 Å². The highest BCUT2D eigenvalue weighted by Crippen LogP contribution is 2.19. The Bertz CT molecular complexity index is 924. The fourth-order valence-electron chi connectivity index (χ4n) is 3.13. The maximum absolute atomic E-state index is 12.7. The molecular weight excluding hydrogens is 364 g/mol. The lowest BCUT2D eigenvalue weighted by atomic mass is 10.1. The number of benzene rings is 2. The van der Waals surface area contributed by atoms with Gasteiger partial charge in [-0.2, -0.15) is 0 Å². The Hall–Kier alpha value is -2.67. The molecule has 0 aromatic heterocycles. The average molecular weight is 386 g/mol. The largest absolute Gasteiger partial charge is 0.343 e. The van der Waals surface area contributed by atoms with Gasteiger partial charge in [-0.3, -0.25) is 9.59 Å². The molecule has 1 N–H and O–H groups in total. The van der Waals surface area contributed by atoms with E-state index < -0.39 is 9.84 Å². The molecule has 1 heterocycles. The quantitative estimate of drug-likeness (QED) is 0.825. The number of hydrogen-bond donors (Lipinski definition) is 1. The summed E-state index contributed by atoms with van der Waals surface area (Å²) in [5.41, 5.74) is 1.29. The molecule has 7 heteroatoms. The Labute approximate surface area is 159 Å². The molecular formula is C20H22N2O4S. The number of carbonyl (C=O) groups is 2. The van der Waals surface area contributed by atoms with Crippen LogP contribution in [0.25, 0.3) is 0 Å². The van der Waals surface area contributed by atoms with Crippen LogP contribution in [0, 0.1) is 0 Å². The van der Waals surface area contributed by atoms with Gasteiger partial charge in [-0.05, 0) is 36.2 Å². The molecule has 2 aromatic carbocycles. The number of rotatable bonds is 6. The molecule has 0 saturated carbocycles. The van der Waals surface area contributed by atoms with Crippen LogP contribution in [0.15, 0.2) is 59.5 Å². The lowest BCUT2D eigenvalue weighted by molar-refractivity contribution is -0.128.